The SMILES string of the molecule is C[Si](C)(C)CCOCN1C(=O)CCC(N2Cc3ccc(N)cc3C2=O)C1=O. The van der Waals surface area contributed by atoms with Crippen LogP contribution < -0.4 is 5.73 Å². The highest BCUT2D eigenvalue weighted by molar-refractivity contribution is 6.76. The molecule has 1 unspecified atom stereocenters. The Bertz CT molecular complexity index is 775. The van der Waals surface area contributed by atoms with Gasteiger partial charge in [-0.05, 0) is 30.2 Å². The van der Waals surface area contributed by atoms with Crippen LogP contribution in [0, 0.1) is 0 Å². The normalized spacial score (nSPS) is 20.4. The lowest BCUT2D eigenvalue weighted by molar-refractivity contribution is -0.158. The summed E-state index contributed by atoms with van der Waals surface area (Å²) in [5.41, 5.74) is 7.70. The number of anilines is 1. The largest absolute Gasteiger partial charge is 0.399 e. The van der Waals surface area contributed by atoms with Crippen molar-refractivity contribution < 1.29 is 19.1 Å². The summed E-state index contributed by atoms with van der Waals surface area (Å²) in [5.74, 6) is -0.796. The molecule has 3 amide bonds. The van der Waals surface area contributed by atoms with Gasteiger partial charge < -0.3 is 15.4 Å². The van der Waals surface area contributed by atoms with Crippen LogP contribution in [-0.2, 0) is 20.9 Å². The predicted octanol–water partition coefficient (Wildman–Crippen LogP) is 2.05. The number of rotatable bonds is 6. The molecule has 8 heteroatoms. The molecule has 2 heterocycles. The first-order chi connectivity index (χ1) is 12.7. The Hall–Kier alpha value is -2.19. The van der Waals surface area contributed by atoms with Gasteiger partial charge >= 0.3 is 0 Å². The number of nitrogens with two attached hydrogens (primary N) is 1. The number of piperidine rings is 1. The Balaban J connectivity index is 1.66. The predicted molar refractivity (Wildman–Crippen MR) is 105 cm³/mol. The molecule has 0 aliphatic carbocycles. The summed E-state index contributed by atoms with van der Waals surface area (Å²) >= 11 is 0. The quantitative estimate of drug-likeness (QED) is 0.348. The van der Waals surface area contributed by atoms with Crippen LogP contribution in [0.25, 0.3) is 0 Å². The van der Waals surface area contributed by atoms with E-state index < -0.39 is 14.1 Å². The maximum atomic E-state index is 12.9. The number of nitrogen functional groups attached to an aromatic ring is 1. The van der Waals surface area contributed by atoms with Crippen molar-refractivity contribution in [2.75, 3.05) is 19.1 Å². The number of imide groups is 1. The highest BCUT2D eigenvalue weighted by atomic mass is 28.3. The molecule has 0 aromatic heterocycles. The number of carbonyl (C=O) groups is 3. The second-order valence-corrected chi connectivity index (χ2v) is 14.0. The number of amides is 3. The monoisotopic (exact) mass is 389 g/mol. The van der Waals surface area contributed by atoms with Gasteiger partial charge in [0, 0.05) is 38.9 Å². The average Bonchev–Trinajstić information content (AvgIpc) is 2.89. The van der Waals surface area contributed by atoms with Crippen LogP contribution in [0.2, 0.25) is 25.7 Å². The van der Waals surface area contributed by atoms with E-state index in [1.807, 2.05) is 6.07 Å². The fraction of sp³-hybridized carbons (Fsp3) is 0.526. The third-order valence-electron chi connectivity index (χ3n) is 5.04. The van der Waals surface area contributed by atoms with Crippen LogP contribution in [0.15, 0.2) is 18.2 Å². The van der Waals surface area contributed by atoms with Gasteiger partial charge in [0.25, 0.3) is 11.8 Å². The molecule has 2 N–H and O–H groups in total. The van der Waals surface area contributed by atoms with Crippen molar-refractivity contribution in [3.8, 4) is 0 Å². The fourth-order valence-corrected chi connectivity index (χ4v) is 4.13. The van der Waals surface area contributed by atoms with Crippen LogP contribution in [0.1, 0.15) is 28.8 Å². The molecule has 1 saturated heterocycles. The molecule has 2 aliphatic heterocycles. The number of carbonyl (C=O) groups excluding carboxylic acids is 3. The van der Waals surface area contributed by atoms with E-state index in [0.29, 0.717) is 30.8 Å². The minimum absolute atomic E-state index is 0.0411. The Morgan fingerprint density at radius 2 is 1.96 bits per heavy atom. The molecule has 2 aliphatic rings. The van der Waals surface area contributed by atoms with Gasteiger partial charge in [-0.15, -0.1) is 0 Å². The minimum atomic E-state index is -1.24. The number of likely N-dealkylation sites (tertiary alicyclic amines) is 1. The van der Waals surface area contributed by atoms with E-state index in [0.717, 1.165) is 16.5 Å². The Labute approximate surface area is 160 Å². The summed E-state index contributed by atoms with van der Waals surface area (Å²) < 4.78 is 5.60. The Morgan fingerprint density at radius 3 is 2.67 bits per heavy atom. The first-order valence-corrected chi connectivity index (χ1v) is 13.0. The average molecular weight is 390 g/mol. The number of hydrogen-bond donors (Lipinski definition) is 1. The number of fused-ring (bicyclic) bond motifs is 1. The van der Waals surface area contributed by atoms with Gasteiger partial charge in [-0.2, -0.15) is 0 Å². The van der Waals surface area contributed by atoms with E-state index >= 15 is 0 Å². The number of benzene rings is 1. The topological polar surface area (TPSA) is 92.9 Å². The molecule has 0 saturated carbocycles. The molecule has 146 valence electrons. The third kappa shape index (κ3) is 4.22. The molecule has 0 spiro atoms. The van der Waals surface area contributed by atoms with E-state index in [9.17, 15) is 14.4 Å². The van der Waals surface area contributed by atoms with Crippen LogP contribution in [0.3, 0.4) is 0 Å². The number of nitrogens with zero attached hydrogens (tertiary/aromatic N) is 2. The van der Waals surface area contributed by atoms with Crippen molar-refractivity contribution in [1.29, 1.82) is 0 Å². The van der Waals surface area contributed by atoms with Gasteiger partial charge in [0.05, 0.1) is 0 Å². The second kappa shape index (κ2) is 7.44. The molecule has 0 bridgehead atoms. The molecular weight excluding hydrogens is 362 g/mol. The van der Waals surface area contributed by atoms with Gasteiger partial charge in [-0.1, -0.05) is 25.7 Å². The molecule has 1 fully saturated rings. The molecule has 7 nitrogen and oxygen atoms in total. The van der Waals surface area contributed by atoms with E-state index in [2.05, 4.69) is 19.6 Å². The summed E-state index contributed by atoms with van der Waals surface area (Å²) in [6.07, 6.45) is 0.578. The van der Waals surface area contributed by atoms with Crippen molar-refractivity contribution in [3.05, 3.63) is 29.3 Å². The molecule has 3 rings (SSSR count). The first-order valence-electron chi connectivity index (χ1n) is 9.29. The van der Waals surface area contributed by atoms with Crippen molar-refractivity contribution in [2.45, 2.75) is 51.1 Å². The zero-order chi connectivity index (χ0) is 19.8. The van der Waals surface area contributed by atoms with E-state index in [1.165, 1.54) is 0 Å². The van der Waals surface area contributed by atoms with Crippen molar-refractivity contribution in [1.82, 2.24) is 9.80 Å². The molecule has 27 heavy (non-hydrogen) atoms. The minimum Gasteiger partial charge on any atom is -0.399 e. The highest BCUT2D eigenvalue weighted by Crippen LogP contribution is 2.30. The van der Waals surface area contributed by atoms with Crippen LogP contribution in [0.5, 0.6) is 0 Å². The second-order valence-electron chi connectivity index (χ2n) is 8.41. The van der Waals surface area contributed by atoms with Gasteiger partial charge in [-0.25, -0.2) is 0 Å². The summed E-state index contributed by atoms with van der Waals surface area (Å²) in [6, 6.07) is 5.55. The Morgan fingerprint density at radius 1 is 1.22 bits per heavy atom. The van der Waals surface area contributed by atoms with Gasteiger partial charge in [0.15, 0.2) is 0 Å². The van der Waals surface area contributed by atoms with Crippen LogP contribution >= 0.6 is 0 Å². The van der Waals surface area contributed by atoms with Crippen LogP contribution in [-0.4, -0.2) is 55.0 Å². The molecule has 1 aromatic carbocycles. The van der Waals surface area contributed by atoms with E-state index in [1.54, 1.807) is 17.0 Å². The molecule has 1 atom stereocenters. The molecule has 1 aromatic rings. The summed E-state index contributed by atoms with van der Waals surface area (Å²) in [7, 11) is -1.24. The zero-order valence-corrected chi connectivity index (χ0v) is 17.2. The zero-order valence-electron chi connectivity index (χ0n) is 16.2. The van der Waals surface area contributed by atoms with Crippen molar-refractivity contribution in [2.24, 2.45) is 0 Å². The Kier molecular flexibility index (Phi) is 5.39. The lowest BCUT2D eigenvalue weighted by Crippen LogP contribution is -2.55. The molecular formula is C19H27N3O4Si. The first kappa shape index (κ1) is 19.6. The summed E-state index contributed by atoms with van der Waals surface area (Å²) in [6.45, 7) is 7.59. The summed E-state index contributed by atoms with van der Waals surface area (Å²) in [4.78, 5) is 40.6. The van der Waals surface area contributed by atoms with Gasteiger partial charge in [-0.3, -0.25) is 19.3 Å². The van der Waals surface area contributed by atoms with Crippen molar-refractivity contribution >= 4 is 31.5 Å². The smallest absolute Gasteiger partial charge is 0.255 e. The lowest BCUT2D eigenvalue weighted by Gasteiger charge is -2.35. The van der Waals surface area contributed by atoms with E-state index in [4.69, 9.17) is 10.5 Å². The number of ether oxygens (including phenoxy) is 1. The van der Waals surface area contributed by atoms with Gasteiger partial charge in [0.1, 0.15) is 12.8 Å². The van der Waals surface area contributed by atoms with Gasteiger partial charge in [0.2, 0.25) is 5.91 Å². The standard InChI is InChI=1S/C19H27N3O4Si/c1-27(2,3)9-8-26-12-22-17(23)7-6-16(19(22)25)21-11-13-4-5-14(20)10-15(13)18(21)24/h4-5,10,16H,6-9,11-12,20H2,1-3H3. The summed E-state index contributed by atoms with van der Waals surface area (Å²) in [5, 5.41) is 0. The maximum absolute atomic E-state index is 12.9. The third-order valence-corrected chi connectivity index (χ3v) is 6.75. The maximum Gasteiger partial charge on any atom is 0.255 e. The number of hydrogen-bond acceptors (Lipinski definition) is 5. The van der Waals surface area contributed by atoms with E-state index in [-0.39, 0.29) is 30.9 Å². The lowest BCUT2D eigenvalue weighted by atomic mass is 10.0. The molecule has 0 radical (unpaired) electrons. The highest BCUT2D eigenvalue weighted by Gasteiger charge is 2.42. The fourth-order valence-electron chi connectivity index (χ4n) is 3.37. The van der Waals surface area contributed by atoms with Crippen LogP contribution in [0.4, 0.5) is 5.69 Å². The van der Waals surface area contributed by atoms with Crippen molar-refractivity contribution in [3.63, 3.8) is 0 Å².